The van der Waals surface area contributed by atoms with Crippen molar-refractivity contribution in [2.75, 3.05) is 26.7 Å². The molecule has 1 fully saturated rings. The molecule has 0 aromatic carbocycles. The molecule has 0 amide bonds. The highest BCUT2D eigenvalue weighted by molar-refractivity contribution is 7.90. The van der Waals surface area contributed by atoms with E-state index < -0.39 is 15.5 Å². The average molecular weight is 386 g/mol. The van der Waals surface area contributed by atoms with Gasteiger partial charge in [-0.15, -0.1) is 0 Å². The number of alkyl halides is 3. The van der Waals surface area contributed by atoms with Crippen LogP contribution >= 0.6 is 0 Å². The van der Waals surface area contributed by atoms with E-state index in [0.29, 0.717) is 23.1 Å². The van der Waals surface area contributed by atoms with Gasteiger partial charge >= 0.3 is 15.5 Å². The highest BCUT2D eigenvalue weighted by Crippen LogP contribution is 2.28. The number of piperidine rings is 1. The third kappa shape index (κ3) is 7.01. The van der Waals surface area contributed by atoms with Crippen LogP contribution in [0.4, 0.5) is 13.2 Å². The van der Waals surface area contributed by atoms with Crippen LogP contribution in [0.25, 0.3) is 0 Å². The van der Waals surface area contributed by atoms with Crippen molar-refractivity contribution < 1.29 is 21.6 Å². The van der Waals surface area contributed by atoms with Crippen LogP contribution in [0.3, 0.4) is 0 Å². The molecule has 0 aromatic heterocycles. The van der Waals surface area contributed by atoms with Crippen molar-refractivity contribution in [3.63, 3.8) is 0 Å². The number of aliphatic imine (C=N–C) groups is 1. The first-order chi connectivity index (χ1) is 11.4. The van der Waals surface area contributed by atoms with Crippen LogP contribution in [-0.2, 0) is 10.0 Å². The van der Waals surface area contributed by atoms with Crippen molar-refractivity contribution in [1.82, 2.24) is 14.9 Å². The summed E-state index contributed by atoms with van der Waals surface area (Å²) in [6, 6.07) is -0.103. The van der Waals surface area contributed by atoms with E-state index in [2.05, 4.69) is 36.4 Å². The molecule has 1 aliphatic rings. The molecular weight excluding hydrogens is 357 g/mol. The van der Waals surface area contributed by atoms with Gasteiger partial charge in [-0.05, 0) is 31.1 Å². The number of rotatable bonds is 5. The van der Waals surface area contributed by atoms with E-state index in [9.17, 15) is 21.6 Å². The Hall–Kier alpha value is -1.03. The highest BCUT2D eigenvalue weighted by atomic mass is 32.2. The van der Waals surface area contributed by atoms with Crippen LogP contribution in [-0.4, -0.2) is 56.9 Å². The molecule has 0 spiro atoms. The van der Waals surface area contributed by atoms with Crippen molar-refractivity contribution >= 4 is 16.0 Å². The van der Waals surface area contributed by atoms with Gasteiger partial charge in [0.15, 0.2) is 5.96 Å². The van der Waals surface area contributed by atoms with Gasteiger partial charge in [-0.3, -0.25) is 4.99 Å². The van der Waals surface area contributed by atoms with Gasteiger partial charge < -0.3 is 10.6 Å². The summed E-state index contributed by atoms with van der Waals surface area (Å²) >= 11 is 0. The monoisotopic (exact) mass is 386 g/mol. The Morgan fingerprint density at radius 3 is 2.20 bits per heavy atom. The largest absolute Gasteiger partial charge is 0.511 e. The van der Waals surface area contributed by atoms with Crippen molar-refractivity contribution in [1.29, 1.82) is 0 Å². The fraction of sp³-hybridized carbons (Fsp3) is 0.933. The normalized spacial score (nSPS) is 19.1. The summed E-state index contributed by atoms with van der Waals surface area (Å²) in [5.74, 6) is 0.589. The topological polar surface area (TPSA) is 73.8 Å². The fourth-order valence-electron chi connectivity index (χ4n) is 2.60. The standard InChI is InChI=1S/C15H29F3N4O2S/c1-14(2,3)8-5-9-20-13(19-4)21-12-6-10-22(11-7-12)25(23,24)15(16,17)18/h12H,5-11H2,1-4H3,(H2,19,20,21). The molecule has 0 bridgehead atoms. The number of nitrogens with one attached hydrogen (secondary N) is 2. The van der Waals surface area contributed by atoms with Crippen molar-refractivity contribution in [2.45, 2.75) is 58.0 Å². The highest BCUT2D eigenvalue weighted by Gasteiger charge is 2.50. The Morgan fingerprint density at radius 2 is 1.76 bits per heavy atom. The van der Waals surface area contributed by atoms with Gasteiger partial charge in [0.1, 0.15) is 0 Å². The summed E-state index contributed by atoms with van der Waals surface area (Å²) in [7, 11) is -3.60. The van der Waals surface area contributed by atoms with E-state index >= 15 is 0 Å². The Kier molecular flexibility index (Phi) is 7.54. The summed E-state index contributed by atoms with van der Waals surface area (Å²) in [5.41, 5.74) is -4.98. The molecule has 0 atom stereocenters. The first kappa shape index (κ1) is 22.0. The van der Waals surface area contributed by atoms with E-state index in [4.69, 9.17) is 0 Å². The van der Waals surface area contributed by atoms with Crippen LogP contribution in [0.1, 0.15) is 46.5 Å². The zero-order valence-corrected chi connectivity index (χ0v) is 16.1. The van der Waals surface area contributed by atoms with Crippen molar-refractivity contribution in [3.05, 3.63) is 0 Å². The average Bonchev–Trinajstić information content (AvgIpc) is 2.48. The van der Waals surface area contributed by atoms with Gasteiger partial charge in [0.05, 0.1) is 0 Å². The Labute approximate surface area is 148 Å². The van der Waals surface area contributed by atoms with Crippen LogP contribution in [0, 0.1) is 5.41 Å². The van der Waals surface area contributed by atoms with Gasteiger partial charge in [-0.25, -0.2) is 8.42 Å². The second-order valence-corrected chi connectivity index (χ2v) is 9.36. The first-order valence-corrected chi connectivity index (χ1v) is 9.84. The molecule has 0 unspecified atom stereocenters. The van der Waals surface area contributed by atoms with Crippen molar-refractivity contribution in [3.8, 4) is 0 Å². The molecule has 10 heteroatoms. The number of hydrogen-bond acceptors (Lipinski definition) is 3. The number of sulfonamides is 1. The van der Waals surface area contributed by atoms with E-state index in [-0.39, 0.29) is 24.5 Å². The van der Waals surface area contributed by atoms with E-state index in [0.717, 1.165) is 19.4 Å². The molecular formula is C15H29F3N4O2S. The maximum absolute atomic E-state index is 12.6. The third-order valence-electron chi connectivity index (χ3n) is 4.05. The summed E-state index contributed by atoms with van der Waals surface area (Å²) in [6.45, 7) is 6.95. The molecule has 0 aromatic rings. The number of nitrogens with zero attached hydrogens (tertiary/aromatic N) is 2. The Morgan fingerprint density at radius 1 is 1.20 bits per heavy atom. The molecule has 0 saturated carbocycles. The minimum atomic E-state index is -5.24. The molecule has 1 rings (SSSR count). The lowest BCUT2D eigenvalue weighted by molar-refractivity contribution is -0.0494. The van der Waals surface area contributed by atoms with E-state index in [1.54, 1.807) is 7.05 Å². The van der Waals surface area contributed by atoms with E-state index in [1.807, 2.05) is 0 Å². The molecule has 2 N–H and O–H groups in total. The van der Waals surface area contributed by atoms with Crippen LogP contribution in [0.2, 0.25) is 0 Å². The number of hydrogen-bond donors (Lipinski definition) is 2. The quantitative estimate of drug-likeness (QED) is 0.432. The zero-order chi connectivity index (χ0) is 19.3. The van der Waals surface area contributed by atoms with Gasteiger partial charge in [-0.2, -0.15) is 17.5 Å². The minimum absolute atomic E-state index is 0.103. The smallest absolute Gasteiger partial charge is 0.356 e. The Balaban J connectivity index is 2.42. The second kappa shape index (κ2) is 8.57. The maximum atomic E-state index is 12.6. The molecule has 148 valence electrons. The molecule has 1 saturated heterocycles. The summed E-state index contributed by atoms with van der Waals surface area (Å²) in [4.78, 5) is 4.11. The SMILES string of the molecule is CN=C(NCCCC(C)(C)C)NC1CCN(S(=O)(=O)C(F)(F)F)CC1. The molecule has 25 heavy (non-hydrogen) atoms. The third-order valence-corrected chi connectivity index (χ3v) is 5.68. The molecule has 0 aliphatic carbocycles. The molecule has 6 nitrogen and oxygen atoms in total. The van der Waals surface area contributed by atoms with Gasteiger partial charge in [0, 0.05) is 32.7 Å². The summed E-state index contributed by atoms with van der Waals surface area (Å²) in [6.07, 6.45) is 2.65. The second-order valence-electron chi connectivity index (χ2n) is 7.43. The van der Waals surface area contributed by atoms with Gasteiger partial charge in [-0.1, -0.05) is 20.8 Å². The molecule has 1 heterocycles. The van der Waals surface area contributed by atoms with Crippen molar-refractivity contribution in [2.24, 2.45) is 10.4 Å². The number of halogens is 3. The molecule has 0 radical (unpaired) electrons. The van der Waals surface area contributed by atoms with Crippen LogP contribution in [0.15, 0.2) is 4.99 Å². The van der Waals surface area contributed by atoms with Gasteiger partial charge in [0.2, 0.25) is 0 Å². The fourth-order valence-corrected chi connectivity index (χ4v) is 3.58. The predicted molar refractivity (Wildman–Crippen MR) is 92.8 cm³/mol. The van der Waals surface area contributed by atoms with Gasteiger partial charge in [0.25, 0.3) is 0 Å². The lowest BCUT2D eigenvalue weighted by atomic mass is 9.91. The predicted octanol–water partition coefficient (Wildman–Crippen LogP) is 2.29. The maximum Gasteiger partial charge on any atom is 0.511 e. The minimum Gasteiger partial charge on any atom is -0.356 e. The van der Waals surface area contributed by atoms with E-state index in [1.165, 1.54) is 0 Å². The zero-order valence-electron chi connectivity index (χ0n) is 15.3. The summed E-state index contributed by atoms with van der Waals surface area (Å²) < 4.78 is 61.0. The lowest BCUT2D eigenvalue weighted by Crippen LogP contribution is -2.51. The van der Waals surface area contributed by atoms with Crippen LogP contribution in [0.5, 0.6) is 0 Å². The van der Waals surface area contributed by atoms with Crippen LogP contribution < -0.4 is 10.6 Å². The Bertz CT molecular complexity index is 548. The summed E-state index contributed by atoms with van der Waals surface area (Å²) in [5, 5.41) is 6.33. The number of guanidine groups is 1. The molecule has 1 aliphatic heterocycles. The first-order valence-electron chi connectivity index (χ1n) is 8.40. The lowest BCUT2D eigenvalue weighted by Gasteiger charge is -2.32.